The molecule has 1 aromatic heterocycles. The Morgan fingerprint density at radius 3 is 2.73 bits per heavy atom. The van der Waals surface area contributed by atoms with Gasteiger partial charge in [-0.25, -0.2) is 0 Å². The lowest BCUT2D eigenvalue weighted by atomic mass is 10.0. The van der Waals surface area contributed by atoms with Gasteiger partial charge < -0.3 is 4.90 Å². The largest absolute Gasteiger partial charge is 0.338 e. The fourth-order valence-corrected chi connectivity index (χ4v) is 3.11. The van der Waals surface area contributed by atoms with Gasteiger partial charge in [-0.3, -0.25) is 9.48 Å². The molecule has 4 heteroatoms. The topological polar surface area (TPSA) is 38.1 Å². The van der Waals surface area contributed by atoms with Crippen LogP contribution in [0.4, 0.5) is 0 Å². The molecule has 2 aromatic rings. The molecule has 0 saturated carbocycles. The Kier molecular flexibility index (Phi) is 4.27. The van der Waals surface area contributed by atoms with Gasteiger partial charge in [-0.05, 0) is 38.7 Å². The van der Waals surface area contributed by atoms with E-state index in [1.54, 1.807) is 4.68 Å². The molecule has 1 saturated heterocycles. The highest BCUT2D eigenvalue weighted by Gasteiger charge is 2.28. The second-order valence-electron chi connectivity index (χ2n) is 6.13. The van der Waals surface area contributed by atoms with E-state index in [4.69, 9.17) is 0 Å². The van der Waals surface area contributed by atoms with Crippen LogP contribution in [-0.4, -0.2) is 33.2 Å². The summed E-state index contributed by atoms with van der Waals surface area (Å²) in [5, 5.41) is 4.40. The molecule has 1 fully saturated rings. The number of amides is 1. The van der Waals surface area contributed by atoms with E-state index in [2.05, 4.69) is 24.2 Å². The summed E-state index contributed by atoms with van der Waals surface area (Å²) in [5.41, 5.74) is 2.17. The molecule has 0 bridgehead atoms. The summed E-state index contributed by atoms with van der Waals surface area (Å²) < 4.78 is 1.78. The smallest absolute Gasteiger partial charge is 0.247 e. The maximum Gasteiger partial charge on any atom is 0.247 e. The van der Waals surface area contributed by atoms with E-state index in [0.717, 1.165) is 30.5 Å². The van der Waals surface area contributed by atoms with Crippen molar-refractivity contribution in [2.24, 2.45) is 0 Å². The van der Waals surface area contributed by atoms with Gasteiger partial charge in [0.05, 0.1) is 6.20 Å². The monoisotopic (exact) mass is 297 g/mol. The minimum absolute atomic E-state index is 0.176. The van der Waals surface area contributed by atoms with Crippen LogP contribution in [-0.2, 0) is 4.79 Å². The molecule has 1 aliphatic heterocycles. The molecule has 22 heavy (non-hydrogen) atoms. The number of hydrogen-bond donors (Lipinski definition) is 0. The SMILES string of the molecule is C[C@@H]1CCCCN1C(=O)[C@H](C)n1cc(-c2ccccc2)cn1. The van der Waals surface area contributed by atoms with Crippen molar-refractivity contribution in [3.63, 3.8) is 0 Å². The van der Waals surface area contributed by atoms with Crippen LogP contribution in [0.5, 0.6) is 0 Å². The fourth-order valence-electron chi connectivity index (χ4n) is 3.11. The van der Waals surface area contributed by atoms with E-state index in [-0.39, 0.29) is 11.9 Å². The highest BCUT2D eigenvalue weighted by Crippen LogP contribution is 2.23. The Morgan fingerprint density at radius 1 is 1.23 bits per heavy atom. The van der Waals surface area contributed by atoms with E-state index in [9.17, 15) is 4.79 Å². The zero-order valence-corrected chi connectivity index (χ0v) is 13.3. The van der Waals surface area contributed by atoms with Gasteiger partial charge in [0.25, 0.3) is 0 Å². The van der Waals surface area contributed by atoms with Gasteiger partial charge in [0.15, 0.2) is 0 Å². The Labute approximate surface area is 131 Å². The fraction of sp³-hybridized carbons (Fsp3) is 0.444. The van der Waals surface area contributed by atoms with Gasteiger partial charge in [-0.2, -0.15) is 5.10 Å². The van der Waals surface area contributed by atoms with E-state index in [1.165, 1.54) is 6.42 Å². The summed E-state index contributed by atoms with van der Waals surface area (Å²) in [6, 6.07) is 10.2. The van der Waals surface area contributed by atoms with Gasteiger partial charge in [0.1, 0.15) is 6.04 Å². The molecule has 1 aliphatic rings. The summed E-state index contributed by atoms with van der Waals surface area (Å²) in [5.74, 6) is 0.176. The predicted octanol–water partition coefficient (Wildman–Crippen LogP) is 3.51. The first-order chi connectivity index (χ1) is 10.7. The molecule has 0 aliphatic carbocycles. The van der Waals surface area contributed by atoms with Crippen molar-refractivity contribution in [1.82, 2.24) is 14.7 Å². The standard InChI is InChI=1S/C18H23N3O/c1-14-8-6-7-11-20(14)18(22)15(2)21-13-17(12-19-21)16-9-4-3-5-10-16/h3-5,9-10,12-15H,6-8,11H2,1-2H3/t14-,15+/m1/s1. The second-order valence-corrected chi connectivity index (χ2v) is 6.13. The first kappa shape index (κ1) is 14.8. The normalized spacial score (nSPS) is 19.9. The van der Waals surface area contributed by atoms with Crippen molar-refractivity contribution in [3.05, 3.63) is 42.7 Å². The maximum absolute atomic E-state index is 12.7. The first-order valence-corrected chi connectivity index (χ1v) is 8.07. The third kappa shape index (κ3) is 2.91. The molecular weight excluding hydrogens is 274 g/mol. The average molecular weight is 297 g/mol. The number of carbonyl (C=O) groups excluding carboxylic acids is 1. The number of likely N-dealkylation sites (tertiary alicyclic amines) is 1. The van der Waals surface area contributed by atoms with Gasteiger partial charge in [0.2, 0.25) is 5.91 Å². The molecule has 0 N–H and O–H groups in total. The Balaban J connectivity index is 1.76. The van der Waals surface area contributed by atoms with Crippen molar-refractivity contribution in [2.45, 2.75) is 45.2 Å². The summed E-state index contributed by atoms with van der Waals surface area (Å²) >= 11 is 0. The molecule has 1 amide bonds. The molecule has 4 nitrogen and oxygen atoms in total. The van der Waals surface area contributed by atoms with Crippen LogP contribution in [0.2, 0.25) is 0 Å². The summed E-state index contributed by atoms with van der Waals surface area (Å²) in [7, 11) is 0. The average Bonchev–Trinajstić information content (AvgIpc) is 3.05. The molecule has 2 heterocycles. The number of hydrogen-bond acceptors (Lipinski definition) is 2. The molecule has 0 radical (unpaired) electrons. The van der Waals surface area contributed by atoms with Crippen LogP contribution in [0.1, 0.15) is 39.2 Å². The van der Waals surface area contributed by atoms with Crippen molar-refractivity contribution in [1.29, 1.82) is 0 Å². The van der Waals surface area contributed by atoms with E-state index < -0.39 is 0 Å². The van der Waals surface area contributed by atoms with Crippen LogP contribution in [0.3, 0.4) is 0 Å². The second kappa shape index (κ2) is 6.34. The first-order valence-electron chi connectivity index (χ1n) is 8.07. The van der Waals surface area contributed by atoms with Gasteiger partial charge >= 0.3 is 0 Å². The highest BCUT2D eigenvalue weighted by atomic mass is 16.2. The molecule has 0 unspecified atom stereocenters. The Hall–Kier alpha value is -2.10. The quantitative estimate of drug-likeness (QED) is 0.869. The number of benzene rings is 1. The van der Waals surface area contributed by atoms with Crippen molar-refractivity contribution in [2.75, 3.05) is 6.54 Å². The van der Waals surface area contributed by atoms with Crippen LogP contribution in [0, 0.1) is 0 Å². The van der Waals surface area contributed by atoms with Gasteiger partial charge in [-0.15, -0.1) is 0 Å². The van der Waals surface area contributed by atoms with Crippen molar-refractivity contribution < 1.29 is 4.79 Å². The Bertz CT molecular complexity index is 635. The summed E-state index contributed by atoms with van der Waals surface area (Å²) in [6.45, 7) is 4.95. The van der Waals surface area contributed by atoms with E-state index >= 15 is 0 Å². The van der Waals surface area contributed by atoms with Crippen molar-refractivity contribution in [3.8, 4) is 11.1 Å². The number of nitrogens with zero attached hydrogens (tertiary/aromatic N) is 3. The van der Waals surface area contributed by atoms with Gasteiger partial charge in [0, 0.05) is 24.3 Å². The molecule has 0 spiro atoms. The molecule has 1 aromatic carbocycles. The van der Waals surface area contributed by atoms with Crippen molar-refractivity contribution >= 4 is 5.91 Å². The predicted molar refractivity (Wildman–Crippen MR) is 87.4 cm³/mol. The number of piperidine rings is 1. The zero-order chi connectivity index (χ0) is 15.5. The molecule has 116 valence electrons. The lowest BCUT2D eigenvalue weighted by Gasteiger charge is -2.35. The van der Waals surface area contributed by atoms with Crippen LogP contribution in [0.15, 0.2) is 42.7 Å². The maximum atomic E-state index is 12.7. The van der Waals surface area contributed by atoms with Crippen LogP contribution < -0.4 is 0 Å². The lowest BCUT2D eigenvalue weighted by molar-refractivity contribution is -0.137. The molecule has 2 atom stereocenters. The third-order valence-electron chi connectivity index (χ3n) is 4.55. The molecule has 3 rings (SSSR count). The van der Waals surface area contributed by atoms with Gasteiger partial charge in [-0.1, -0.05) is 30.3 Å². The third-order valence-corrected chi connectivity index (χ3v) is 4.55. The van der Waals surface area contributed by atoms with E-state index in [1.807, 2.05) is 42.4 Å². The number of aromatic nitrogens is 2. The lowest BCUT2D eigenvalue weighted by Crippen LogP contribution is -2.45. The summed E-state index contributed by atoms with van der Waals surface area (Å²) in [4.78, 5) is 14.7. The number of carbonyl (C=O) groups is 1. The zero-order valence-electron chi connectivity index (χ0n) is 13.3. The van der Waals surface area contributed by atoms with Crippen LogP contribution >= 0.6 is 0 Å². The van der Waals surface area contributed by atoms with E-state index in [0.29, 0.717) is 6.04 Å². The highest BCUT2D eigenvalue weighted by molar-refractivity contribution is 5.80. The summed E-state index contributed by atoms with van der Waals surface area (Å²) in [6.07, 6.45) is 7.23. The number of rotatable bonds is 3. The van der Waals surface area contributed by atoms with Crippen LogP contribution in [0.25, 0.3) is 11.1 Å². The minimum atomic E-state index is -0.252. The molecular formula is C18H23N3O. The minimum Gasteiger partial charge on any atom is -0.338 e. The Morgan fingerprint density at radius 2 is 2.00 bits per heavy atom.